The normalized spacial score (nSPS) is 19.6. The summed E-state index contributed by atoms with van der Waals surface area (Å²) in [5, 5.41) is 9.88. The number of hydrogen-bond donors (Lipinski definition) is 2. The van der Waals surface area contributed by atoms with E-state index < -0.39 is 0 Å². The molecule has 1 aromatic heterocycles. The second-order valence-electron chi connectivity index (χ2n) is 6.51. The Morgan fingerprint density at radius 1 is 1.36 bits per heavy atom. The molecule has 0 spiro atoms. The molecular formula is C19H23N3O3. The van der Waals surface area contributed by atoms with E-state index in [1.807, 2.05) is 43.3 Å². The Balaban J connectivity index is 1.48. The standard InChI is InChI=1S/C19H23N3O3/c1-2-19(11-9-18(24)21-19)10-8-17(23)20-13-15-12-16(25-22-15)14-6-4-3-5-7-14/h3-7,12H,2,8-11,13H2,1H3,(H,20,23)(H,21,24)/t19-/m0/s1. The van der Waals surface area contributed by atoms with Gasteiger partial charge in [-0.3, -0.25) is 9.59 Å². The second kappa shape index (κ2) is 7.51. The average Bonchev–Trinajstić information content (AvgIpc) is 3.26. The van der Waals surface area contributed by atoms with Gasteiger partial charge in [-0.25, -0.2) is 0 Å². The summed E-state index contributed by atoms with van der Waals surface area (Å²) in [5.74, 6) is 0.722. The van der Waals surface area contributed by atoms with E-state index >= 15 is 0 Å². The Labute approximate surface area is 147 Å². The van der Waals surface area contributed by atoms with E-state index in [2.05, 4.69) is 15.8 Å². The van der Waals surface area contributed by atoms with Crippen LogP contribution in [0.15, 0.2) is 40.9 Å². The maximum atomic E-state index is 12.1. The van der Waals surface area contributed by atoms with Gasteiger partial charge in [-0.1, -0.05) is 42.4 Å². The van der Waals surface area contributed by atoms with Gasteiger partial charge in [-0.15, -0.1) is 0 Å². The zero-order chi connectivity index (χ0) is 17.7. The molecule has 0 aliphatic carbocycles. The highest BCUT2D eigenvalue weighted by Crippen LogP contribution is 2.28. The predicted octanol–water partition coefficient (Wildman–Crippen LogP) is 2.80. The zero-order valence-electron chi connectivity index (χ0n) is 14.4. The highest BCUT2D eigenvalue weighted by Gasteiger charge is 2.35. The molecule has 25 heavy (non-hydrogen) atoms. The molecule has 1 saturated heterocycles. The van der Waals surface area contributed by atoms with E-state index in [0.29, 0.717) is 37.3 Å². The Hall–Kier alpha value is -2.63. The lowest BCUT2D eigenvalue weighted by Crippen LogP contribution is -2.42. The molecule has 0 radical (unpaired) electrons. The predicted molar refractivity (Wildman–Crippen MR) is 93.4 cm³/mol. The number of benzene rings is 1. The number of hydrogen-bond acceptors (Lipinski definition) is 4. The van der Waals surface area contributed by atoms with Crippen LogP contribution in [0.25, 0.3) is 11.3 Å². The Morgan fingerprint density at radius 2 is 2.16 bits per heavy atom. The third-order valence-electron chi connectivity index (χ3n) is 4.83. The van der Waals surface area contributed by atoms with Gasteiger partial charge in [0.1, 0.15) is 5.69 Å². The molecule has 1 fully saturated rings. The van der Waals surface area contributed by atoms with Crippen LogP contribution in [-0.2, 0) is 16.1 Å². The van der Waals surface area contributed by atoms with Crippen LogP contribution in [-0.4, -0.2) is 22.5 Å². The first-order chi connectivity index (χ1) is 12.1. The third kappa shape index (κ3) is 4.26. The molecule has 2 aromatic rings. The summed E-state index contributed by atoms with van der Waals surface area (Å²) in [4.78, 5) is 23.6. The fourth-order valence-corrected chi connectivity index (χ4v) is 3.17. The van der Waals surface area contributed by atoms with Crippen molar-refractivity contribution in [3.05, 3.63) is 42.1 Å². The van der Waals surface area contributed by atoms with Crippen LogP contribution >= 0.6 is 0 Å². The minimum atomic E-state index is -0.219. The van der Waals surface area contributed by atoms with E-state index in [0.717, 1.165) is 18.4 Å². The van der Waals surface area contributed by atoms with Crippen molar-refractivity contribution < 1.29 is 14.1 Å². The summed E-state index contributed by atoms with van der Waals surface area (Å²) in [6.45, 7) is 2.38. The molecule has 1 aromatic carbocycles. The van der Waals surface area contributed by atoms with Crippen molar-refractivity contribution in [1.29, 1.82) is 0 Å². The number of nitrogens with one attached hydrogen (secondary N) is 2. The van der Waals surface area contributed by atoms with Crippen LogP contribution in [0.3, 0.4) is 0 Å². The average molecular weight is 341 g/mol. The SMILES string of the molecule is CC[C@]1(CCC(=O)NCc2cc(-c3ccccc3)on2)CCC(=O)N1. The molecular weight excluding hydrogens is 318 g/mol. The topological polar surface area (TPSA) is 84.2 Å². The van der Waals surface area contributed by atoms with Crippen molar-refractivity contribution >= 4 is 11.8 Å². The quantitative estimate of drug-likeness (QED) is 0.811. The van der Waals surface area contributed by atoms with Crippen molar-refractivity contribution in [3.63, 3.8) is 0 Å². The summed E-state index contributed by atoms with van der Waals surface area (Å²) < 4.78 is 5.32. The summed E-state index contributed by atoms with van der Waals surface area (Å²) in [6, 6.07) is 11.5. The molecule has 2 N–H and O–H groups in total. The number of carbonyl (C=O) groups is 2. The molecule has 6 heteroatoms. The Bertz CT molecular complexity index is 741. The highest BCUT2D eigenvalue weighted by atomic mass is 16.5. The molecule has 6 nitrogen and oxygen atoms in total. The number of amides is 2. The van der Waals surface area contributed by atoms with Gasteiger partial charge >= 0.3 is 0 Å². The first-order valence-corrected chi connectivity index (χ1v) is 8.69. The van der Waals surface area contributed by atoms with E-state index in [1.165, 1.54) is 0 Å². The Morgan fingerprint density at radius 3 is 2.84 bits per heavy atom. The number of carbonyl (C=O) groups excluding carboxylic acids is 2. The van der Waals surface area contributed by atoms with Gasteiger partial charge in [0.15, 0.2) is 5.76 Å². The van der Waals surface area contributed by atoms with Crippen LogP contribution in [0, 0.1) is 0 Å². The number of rotatable bonds is 7. The number of aromatic nitrogens is 1. The molecule has 3 rings (SSSR count). The molecule has 132 valence electrons. The van der Waals surface area contributed by atoms with Gasteiger partial charge < -0.3 is 15.2 Å². The van der Waals surface area contributed by atoms with Crippen LogP contribution in [0.1, 0.15) is 44.7 Å². The van der Waals surface area contributed by atoms with Gasteiger partial charge in [-0.05, 0) is 19.3 Å². The van der Waals surface area contributed by atoms with E-state index in [-0.39, 0.29) is 17.4 Å². The monoisotopic (exact) mass is 341 g/mol. The molecule has 2 heterocycles. The molecule has 2 amide bonds. The molecule has 0 saturated carbocycles. The highest BCUT2D eigenvalue weighted by molar-refractivity contribution is 5.80. The summed E-state index contributed by atoms with van der Waals surface area (Å²) in [5.41, 5.74) is 1.42. The van der Waals surface area contributed by atoms with Crippen LogP contribution in [0.4, 0.5) is 0 Å². The molecule has 0 bridgehead atoms. The molecule has 1 aliphatic heterocycles. The van der Waals surface area contributed by atoms with Crippen LogP contribution < -0.4 is 10.6 Å². The van der Waals surface area contributed by atoms with Crippen molar-refractivity contribution in [2.75, 3.05) is 0 Å². The van der Waals surface area contributed by atoms with Crippen LogP contribution in [0.2, 0.25) is 0 Å². The summed E-state index contributed by atoms with van der Waals surface area (Å²) in [7, 11) is 0. The minimum Gasteiger partial charge on any atom is -0.356 e. The smallest absolute Gasteiger partial charge is 0.220 e. The second-order valence-corrected chi connectivity index (χ2v) is 6.51. The van der Waals surface area contributed by atoms with E-state index in [4.69, 9.17) is 4.52 Å². The third-order valence-corrected chi connectivity index (χ3v) is 4.83. The van der Waals surface area contributed by atoms with E-state index in [1.54, 1.807) is 0 Å². The van der Waals surface area contributed by atoms with Crippen molar-refractivity contribution in [2.45, 2.75) is 51.1 Å². The Kier molecular flexibility index (Phi) is 5.16. The van der Waals surface area contributed by atoms with Crippen molar-refractivity contribution in [1.82, 2.24) is 15.8 Å². The van der Waals surface area contributed by atoms with Gasteiger partial charge in [-0.2, -0.15) is 0 Å². The lowest BCUT2D eigenvalue weighted by atomic mass is 9.89. The molecule has 0 unspecified atom stereocenters. The summed E-state index contributed by atoms with van der Waals surface area (Å²) in [6.07, 6.45) is 3.25. The molecule has 1 atom stereocenters. The number of nitrogens with zero attached hydrogens (tertiary/aromatic N) is 1. The molecule has 1 aliphatic rings. The fourth-order valence-electron chi connectivity index (χ4n) is 3.17. The maximum Gasteiger partial charge on any atom is 0.220 e. The largest absolute Gasteiger partial charge is 0.356 e. The van der Waals surface area contributed by atoms with Gasteiger partial charge in [0, 0.05) is 30.0 Å². The maximum absolute atomic E-state index is 12.1. The van der Waals surface area contributed by atoms with E-state index in [9.17, 15) is 9.59 Å². The first kappa shape index (κ1) is 17.2. The lowest BCUT2D eigenvalue weighted by molar-refractivity contribution is -0.123. The summed E-state index contributed by atoms with van der Waals surface area (Å²) >= 11 is 0. The van der Waals surface area contributed by atoms with Gasteiger partial charge in [0.25, 0.3) is 0 Å². The lowest BCUT2D eigenvalue weighted by Gasteiger charge is -2.27. The zero-order valence-corrected chi connectivity index (χ0v) is 14.4. The van der Waals surface area contributed by atoms with Gasteiger partial charge in [0.05, 0.1) is 6.54 Å². The minimum absolute atomic E-state index is 0.0433. The van der Waals surface area contributed by atoms with Gasteiger partial charge in [0.2, 0.25) is 11.8 Å². The first-order valence-electron chi connectivity index (χ1n) is 8.69. The van der Waals surface area contributed by atoms with Crippen LogP contribution in [0.5, 0.6) is 0 Å². The fraction of sp³-hybridized carbons (Fsp3) is 0.421. The van der Waals surface area contributed by atoms with Crippen molar-refractivity contribution in [3.8, 4) is 11.3 Å². The van der Waals surface area contributed by atoms with Crippen molar-refractivity contribution in [2.24, 2.45) is 0 Å².